The van der Waals surface area contributed by atoms with Crippen LogP contribution in [-0.2, 0) is 0 Å². The molecule has 0 N–H and O–H groups in total. The second-order valence-electron chi connectivity index (χ2n) is 2.61. The van der Waals surface area contributed by atoms with E-state index in [-0.39, 0.29) is 0 Å². The van der Waals surface area contributed by atoms with Crippen LogP contribution in [0.4, 0.5) is 0 Å². The van der Waals surface area contributed by atoms with E-state index in [0.717, 1.165) is 12.1 Å². The SMILES string of the molecule is C=C(/C=C\C)N=CC(C)=CCC. The monoisotopic (exact) mass is 163 g/mol. The molecule has 0 heterocycles. The van der Waals surface area contributed by atoms with E-state index in [1.165, 1.54) is 5.57 Å². The van der Waals surface area contributed by atoms with Crippen molar-refractivity contribution >= 4 is 6.21 Å². The van der Waals surface area contributed by atoms with E-state index in [9.17, 15) is 0 Å². The molecular weight excluding hydrogens is 146 g/mol. The number of allylic oxidation sites excluding steroid dienone is 4. The Morgan fingerprint density at radius 3 is 2.67 bits per heavy atom. The molecule has 12 heavy (non-hydrogen) atoms. The molecule has 0 spiro atoms. The predicted octanol–water partition coefficient (Wildman–Crippen LogP) is 3.50. The Labute approximate surface area is 75.2 Å². The highest BCUT2D eigenvalue weighted by atomic mass is 14.7. The van der Waals surface area contributed by atoms with E-state index in [4.69, 9.17) is 0 Å². The minimum absolute atomic E-state index is 0.793. The molecule has 0 rings (SSSR count). The van der Waals surface area contributed by atoms with Crippen molar-refractivity contribution in [2.45, 2.75) is 27.2 Å². The first-order valence-corrected chi connectivity index (χ1v) is 4.23. The maximum Gasteiger partial charge on any atom is 0.0554 e. The van der Waals surface area contributed by atoms with Gasteiger partial charge < -0.3 is 0 Å². The maximum absolute atomic E-state index is 4.16. The zero-order chi connectivity index (χ0) is 9.40. The molecule has 0 aromatic rings. The molecule has 1 nitrogen and oxygen atoms in total. The largest absolute Gasteiger partial charge is 0.257 e. The highest BCUT2D eigenvalue weighted by Crippen LogP contribution is 1.97. The van der Waals surface area contributed by atoms with Gasteiger partial charge in [0.25, 0.3) is 0 Å². The molecule has 0 amide bonds. The van der Waals surface area contributed by atoms with E-state index in [0.29, 0.717) is 0 Å². The number of hydrogen-bond acceptors (Lipinski definition) is 1. The van der Waals surface area contributed by atoms with Gasteiger partial charge in [-0.15, -0.1) is 0 Å². The summed E-state index contributed by atoms with van der Waals surface area (Å²) >= 11 is 0. The van der Waals surface area contributed by atoms with Gasteiger partial charge in [-0.2, -0.15) is 0 Å². The lowest BCUT2D eigenvalue weighted by molar-refractivity contribution is 1.21. The maximum atomic E-state index is 4.16. The van der Waals surface area contributed by atoms with Gasteiger partial charge in [0, 0.05) is 6.21 Å². The third-order valence-corrected chi connectivity index (χ3v) is 1.32. The average molecular weight is 163 g/mol. The van der Waals surface area contributed by atoms with Crippen LogP contribution in [0.3, 0.4) is 0 Å². The van der Waals surface area contributed by atoms with Gasteiger partial charge in [0.15, 0.2) is 0 Å². The first-order valence-electron chi connectivity index (χ1n) is 4.23. The van der Waals surface area contributed by atoms with Gasteiger partial charge in [0.05, 0.1) is 5.70 Å². The quantitative estimate of drug-likeness (QED) is 0.444. The van der Waals surface area contributed by atoms with Crippen LogP contribution in [0.2, 0.25) is 0 Å². The number of hydrogen-bond donors (Lipinski definition) is 0. The third-order valence-electron chi connectivity index (χ3n) is 1.32. The molecule has 0 aliphatic carbocycles. The van der Waals surface area contributed by atoms with Gasteiger partial charge >= 0.3 is 0 Å². The zero-order valence-corrected chi connectivity index (χ0v) is 8.17. The molecule has 0 bridgehead atoms. The van der Waals surface area contributed by atoms with Gasteiger partial charge in [-0.25, -0.2) is 0 Å². The van der Waals surface area contributed by atoms with Gasteiger partial charge in [0.1, 0.15) is 0 Å². The molecule has 0 aliphatic rings. The average Bonchev–Trinajstić information content (AvgIpc) is 2.02. The second kappa shape index (κ2) is 6.59. The Hall–Kier alpha value is -1.11. The van der Waals surface area contributed by atoms with Gasteiger partial charge in [0.2, 0.25) is 0 Å². The fourth-order valence-electron chi connectivity index (χ4n) is 0.795. The Morgan fingerprint density at radius 2 is 2.17 bits per heavy atom. The van der Waals surface area contributed by atoms with Crippen LogP contribution in [0.15, 0.2) is 41.1 Å². The first-order chi connectivity index (χ1) is 5.70. The summed E-state index contributed by atoms with van der Waals surface area (Å²) in [5.74, 6) is 0. The van der Waals surface area contributed by atoms with E-state index in [1.807, 2.05) is 32.2 Å². The summed E-state index contributed by atoms with van der Waals surface area (Å²) in [4.78, 5) is 4.16. The summed E-state index contributed by atoms with van der Waals surface area (Å²) < 4.78 is 0. The molecule has 0 aromatic heterocycles. The Bertz CT molecular complexity index is 215. The number of rotatable bonds is 4. The predicted molar refractivity (Wildman–Crippen MR) is 56.5 cm³/mol. The van der Waals surface area contributed by atoms with E-state index >= 15 is 0 Å². The van der Waals surface area contributed by atoms with Gasteiger partial charge in [-0.3, -0.25) is 4.99 Å². The van der Waals surface area contributed by atoms with Crippen molar-refractivity contribution in [3.05, 3.63) is 36.1 Å². The minimum Gasteiger partial charge on any atom is -0.257 e. The van der Waals surface area contributed by atoms with E-state index in [1.54, 1.807) is 0 Å². The molecule has 66 valence electrons. The lowest BCUT2D eigenvalue weighted by Crippen LogP contribution is -1.78. The van der Waals surface area contributed by atoms with Crippen LogP contribution in [0.1, 0.15) is 27.2 Å². The molecule has 0 saturated heterocycles. The molecule has 0 radical (unpaired) electrons. The molecule has 1 heteroatoms. The van der Waals surface area contributed by atoms with Crippen molar-refractivity contribution in [2.75, 3.05) is 0 Å². The molecule has 0 saturated carbocycles. The number of aliphatic imine (C=N–C) groups is 1. The molecular formula is C11H17N. The molecule has 0 aliphatic heterocycles. The summed E-state index contributed by atoms with van der Waals surface area (Å²) in [5, 5.41) is 0. The normalized spacial score (nSPS) is 13.1. The fraction of sp³-hybridized carbons (Fsp3) is 0.364. The third kappa shape index (κ3) is 5.66. The summed E-state index contributed by atoms with van der Waals surface area (Å²) in [6.45, 7) is 9.87. The van der Waals surface area contributed by atoms with Crippen molar-refractivity contribution in [3.63, 3.8) is 0 Å². The molecule has 0 fully saturated rings. The van der Waals surface area contributed by atoms with Gasteiger partial charge in [-0.05, 0) is 31.9 Å². The number of nitrogens with zero attached hydrogens (tertiary/aromatic N) is 1. The highest BCUT2D eigenvalue weighted by molar-refractivity contribution is 5.78. The van der Waals surface area contributed by atoms with Crippen molar-refractivity contribution in [3.8, 4) is 0 Å². The van der Waals surface area contributed by atoms with Crippen LogP contribution in [-0.4, -0.2) is 6.21 Å². The first kappa shape index (κ1) is 10.9. The topological polar surface area (TPSA) is 12.4 Å². The molecule has 0 unspecified atom stereocenters. The summed E-state index contributed by atoms with van der Waals surface area (Å²) in [6.07, 6.45) is 8.83. The zero-order valence-electron chi connectivity index (χ0n) is 8.17. The van der Waals surface area contributed by atoms with E-state index in [2.05, 4.69) is 24.6 Å². The van der Waals surface area contributed by atoms with Crippen molar-refractivity contribution < 1.29 is 0 Å². The van der Waals surface area contributed by atoms with Crippen LogP contribution in [0, 0.1) is 0 Å². The fourth-order valence-corrected chi connectivity index (χ4v) is 0.795. The van der Waals surface area contributed by atoms with Crippen LogP contribution in [0.25, 0.3) is 0 Å². The Balaban J connectivity index is 4.06. The lowest BCUT2D eigenvalue weighted by Gasteiger charge is -1.90. The van der Waals surface area contributed by atoms with Crippen LogP contribution < -0.4 is 0 Å². The summed E-state index contributed by atoms with van der Waals surface area (Å²) in [7, 11) is 0. The van der Waals surface area contributed by atoms with E-state index < -0.39 is 0 Å². The summed E-state index contributed by atoms with van der Waals surface area (Å²) in [5.41, 5.74) is 1.98. The Kier molecular flexibility index (Phi) is 5.98. The lowest BCUT2D eigenvalue weighted by atomic mass is 10.3. The standard InChI is InChI=1S/C11H17N/c1-5-7-10(3)9-12-11(4)8-6-2/h6-9H,4-5H2,1-3H3/b8-6-,10-7?,12-9?. The second-order valence-corrected chi connectivity index (χ2v) is 2.61. The Morgan fingerprint density at radius 1 is 1.50 bits per heavy atom. The van der Waals surface area contributed by atoms with Gasteiger partial charge in [-0.1, -0.05) is 25.7 Å². The highest BCUT2D eigenvalue weighted by Gasteiger charge is 1.81. The van der Waals surface area contributed by atoms with Crippen molar-refractivity contribution in [2.24, 2.45) is 4.99 Å². The minimum atomic E-state index is 0.793. The van der Waals surface area contributed by atoms with Crippen molar-refractivity contribution in [1.29, 1.82) is 0 Å². The smallest absolute Gasteiger partial charge is 0.0554 e. The molecule has 0 atom stereocenters. The van der Waals surface area contributed by atoms with Crippen LogP contribution in [0.5, 0.6) is 0 Å². The molecule has 0 aromatic carbocycles. The van der Waals surface area contributed by atoms with Crippen molar-refractivity contribution in [1.82, 2.24) is 0 Å². The summed E-state index contributed by atoms with van der Waals surface area (Å²) in [6, 6.07) is 0. The van der Waals surface area contributed by atoms with Crippen LogP contribution >= 0.6 is 0 Å².